The summed E-state index contributed by atoms with van der Waals surface area (Å²) in [4.78, 5) is 0. The third-order valence-electron chi connectivity index (χ3n) is 0.558. The van der Waals surface area contributed by atoms with Gasteiger partial charge in [0.05, 0.1) is 0 Å². The molecule has 8 heavy (non-hydrogen) atoms. The maximum absolute atomic E-state index is 5.14. The van der Waals surface area contributed by atoms with Crippen LogP contribution in [0.5, 0.6) is 0 Å². The number of unbranched alkanes of at least 4 members (excludes halogenated alkanes) is 1. The van der Waals surface area contributed by atoms with E-state index < -0.39 is 0 Å². The summed E-state index contributed by atoms with van der Waals surface area (Å²) in [5.41, 5.74) is 9.99. The molecule has 0 aliphatic rings. The molecule has 0 aromatic carbocycles. The van der Waals surface area contributed by atoms with Crippen molar-refractivity contribution in [3.05, 3.63) is 0 Å². The second kappa shape index (κ2) is 15.8. The van der Waals surface area contributed by atoms with Crippen molar-refractivity contribution in [3.8, 4) is 0 Å². The lowest BCUT2D eigenvalue weighted by molar-refractivity contribution is 0.807. The molecule has 2 nitrogen and oxygen atoms in total. The standard InChI is InChI=1S/C4H11N.C2H7N/c1-2-3-4-5;1-2-3/h2-5H2,1H3;2-3H2,1H3. The molecule has 0 bridgehead atoms. The Morgan fingerprint density at radius 2 is 1.50 bits per heavy atom. The molecule has 0 radical (unpaired) electrons. The van der Waals surface area contributed by atoms with Gasteiger partial charge in [-0.25, -0.2) is 0 Å². The fourth-order valence-electron chi connectivity index (χ4n) is 0.204. The van der Waals surface area contributed by atoms with Crippen LogP contribution in [-0.2, 0) is 0 Å². The molecule has 0 unspecified atom stereocenters. The summed E-state index contributed by atoms with van der Waals surface area (Å²) in [5.74, 6) is 0. The van der Waals surface area contributed by atoms with Gasteiger partial charge in [-0.15, -0.1) is 0 Å². The largest absolute Gasteiger partial charge is 0.331 e. The highest BCUT2D eigenvalue weighted by Crippen LogP contribution is 1.77. The molecule has 0 saturated carbocycles. The smallest absolute Gasteiger partial charge is 0.00774 e. The summed E-state index contributed by atoms with van der Waals surface area (Å²) in [7, 11) is 0. The number of hydrogen-bond acceptors (Lipinski definition) is 2. The normalized spacial score (nSPS) is 7.50. The van der Waals surface area contributed by atoms with Crippen LogP contribution >= 0.6 is 0 Å². The van der Waals surface area contributed by atoms with Crippen molar-refractivity contribution in [1.82, 2.24) is 0 Å². The van der Waals surface area contributed by atoms with Gasteiger partial charge in [-0.05, 0) is 19.5 Å². The van der Waals surface area contributed by atoms with Crippen LogP contribution in [0.15, 0.2) is 0 Å². The minimum Gasteiger partial charge on any atom is -0.331 e. The van der Waals surface area contributed by atoms with Crippen molar-refractivity contribution in [3.63, 3.8) is 0 Å². The van der Waals surface area contributed by atoms with Crippen molar-refractivity contribution in [1.29, 1.82) is 0 Å². The van der Waals surface area contributed by atoms with Gasteiger partial charge >= 0.3 is 0 Å². The number of rotatable bonds is 2. The molecular weight excluding hydrogens is 100 g/mol. The molecule has 0 rings (SSSR count). The highest BCUT2D eigenvalue weighted by atomic mass is 14.5. The number of hydrogen-bond donors (Lipinski definition) is 2. The second-order valence-electron chi connectivity index (χ2n) is 1.55. The zero-order valence-corrected chi connectivity index (χ0v) is 5.98. The van der Waals surface area contributed by atoms with E-state index in [2.05, 4.69) is 6.92 Å². The summed E-state index contributed by atoms with van der Waals surface area (Å²) >= 11 is 0. The van der Waals surface area contributed by atoms with E-state index in [-0.39, 0.29) is 0 Å². The lowest BCUT2D eigenvalue weighted by Crippen LogP contribution is -1.95. The molecule has 0 aromatic heterocycles. The van der Waals surface area contributed by atoms with Crippen LogP contribution in [0.25, 0.3) is 0 Å². The molecule has 4 N–H and O–H groups in total. The average Bonchev–Trinajstić information content (AvgIpc) is 1.71. The molecule has 0 aliphatic heterocycles. The fraction of sp³-hybridized carbons (Fsp3) is 1.00. The Labute approximate surface area is 52.2 Å². The average molecular weight is 118 g/mol. The van der Waals surface area contributed by atoms with Gasteiger partial charge in [0.25, 0.3) is 0 Å². The Kier molecular flexibility index (Phi) is 21.3. The Balaban J connectivity index is 0. The van der Waals surface area contributed by atoms with Gasteiger partial charge in [0.15, 0.2) is 0 Å². The zero-order valence-electron chi connectivity index (χ0n) is 5.98. The first-order valence-electron chi connectivity index (χ1n) is 3.23. The van der Waals surface area contributed by atoms with E-state index in [1.807, 2.05) is 6.92 Å². The van der Waals surface area contributed by atoms with Crippen LogP contribution in [0.1, 0.15) is 26.7 Å². The first kappa shape index (κ1) is 10.8. The van der Waals surface area contributed by atoms with Crippen molar-refractivity contribution >= 4 is 0 Å². The van der Waals surface area contributed by atoms with Crippen LogP contribution in [0.4, 0.5) is 0 Å². The van der Waals surface area contributed by atoms with E-state index in [0.717, 1.165) is 13.1 Å². The van der Waals surface area contributed by atoms with Gasteiger partial charge in [0.2, 0.25) is 0 Å². The van der Waals surface area contributed by atoms with Crippen molar-refractivity contribution in [2.24, 2.45) is 11.5 Å². The second-order valence-corrected chi connectivity index (χ2v) is 1.55. The SMILES string of the molecule is CCCCN.CCN. The first-order valence-corrected chi connectivity index (χ1v) is 3.23. The quantitative estimate of drug-likeness (QED) is 0.561. The van der Waals surface area contributed by atoms with E-state index >= 15 is 0 Å². The van der Waals surface area contributed by atoms with Crippen molar-refractivity contribution in [2.75, 3.05) is 13.1 Å². The maximum atomic E-state index is 5.14. The van der Waals surface area contributed by atoms with E-state index in [0.29, 0.717) is 0 Å². The summed E-state index contributed by atoms with van der Waals surface area (Å²) < 4.78 is 0. The first-order chi connectivity index (χ1) is 3.83. The van der Waals surface area contributed by atoms with Gasteiger partial charge in [-0.3, -0.25) is 0 Å². The monoisotopic (exact) mass is 118 g/mol. The predicted molar refractivity (Wildman–Crippen MR) is 38.7 cm³/mol. The Morgan fingerprint density at radius 1 is 1.12 bits per heavy atom. The summed E-state index contributed by atoms with van der Waals surface area (Å²) in [5, 5.41) is 0. The topological polar surface area (TPSA) is 52.0 Å². The van der Waals surface area contributed by atoms with Crippen molar-refractivity contribution < 1.29 is 0 Å². The van der Waals surface area contributed by atoms with Gasteiger partial charge in [-0.1, -0.05) is 20.3 Å². The maximum Gasteiger partial charge on any atom is -0.00774 e. The lowest BCUT2D eigenvalue weighted by Gasteiger charge is -1.80. The predicted octanol–water partition coefficient (Wildman–Crippen LogP) is 0.710. The summed E-state index contributed by atoms with van der Waals surface area (Å²) in [6, 6.07) is 0. The molecule has 0 amide bonds. The van der Waals surface area contributed by atoms with Crippen LogP contribution in [-0.4, -0.2) is 13.1 Å². The highest BCUT2D eigenvalue weighted by molar-refractivity contribution is 4.29. The van der Waals surface area contributed by atoms with Gasteiger partial charge in [-0.2, -0.15) is 0 Å². The molecule has 0 saturated heterocycles. The summed E-state index contributed by atoms with van der Waals surface area (Å²) in [6.45, 7) is 5.63. The van der Waals surface area contributed by atoms with Crippen molar-refractivity contribution in [2.45, 2.75) is 26.7 Å². The molecule has 0 fully saturated rings. The highest BCUT2D eigenvalue weighted by Gasteiger charge is 1.67. The minimum absolute atomic E-state index is 0.750. The molecule has 0 aliphatic carbocycles. The molecule has 0 aromatic rings. The molecular formula is C6H18N2. The Hall–Kier alpha value is -0.0800. The van der Waals surface area contributed by atoms with E-state index in [1.54, 1.807) is 0 Å². The van der Waals surface area contributed by atoms with Gasteiger partial charge < -0.3 is 11.5 Å². The molecule has 0 heterocycles. The third kappa shape index (κ3) is 38.9. The van der Waals surface area contributed by atoms with Crippen LogP contribution in [0.2, 0.25) is 0 Å². The van der Waals surface area contributed by atoms with Gasteiger partial charge in [0.1, 0.15) is 0 Å². The van der Waals surface area contributed by atoms with Crippen LogP contribution < -0.4 is 11.5 Å². The zero-order chi connectivity index (χ0) is 6.83. The van der Waals surface area contributed by atoms with Crippen LogP contribution in [0, 0.1) is 0 Å². The lowest BCUT2D eigenvalue weighted by atomic mass is 10.3. The molecule has 2 heteroatoms. The fourth-order valence-corrected chi connectivity index (χ4v) is 0.204. The third-order valence-corrected chi connectivity index (χ3v) is 0.558. The van der Waals surface area contributed by atoms with E-state index in [4.69, 9.17) is 11.5 Å². The van der Waals surface area contributed by atoms with Gasteiger partial charge in [0, 0.05) is 0 Å². The summed E-state index contributed by atoms with van der Waals surface area (Å²) in [6.07, 6.45) is 2.39. The minimum atomic E-state index is 0.750. The Morgan fingerprint density at radius 3 is 1.50 bits per heavy atom. The Bertz CT molecular complexity index is 20.5. The molecule has 52 valence electrons. The van der Waals surface area contributed by atoms with E-state index in [9.17, 15) is 0 Å². The molecule has 0 spiro atoms. The van der Waals surface area contributed by atoms with E-state index in [1.165, 1.54) is 12.8 Å². The van der Waals surface area contributed by atoms with Crippen LogP contribution in [0.3, 0.4) is 0 Å². The number of nitrogens with two attached hydrogens (primary N) is 2. The molecule has 0 atom stereocenters.